The number of para-hydroxylation sites is 1. The third-order valence-corrected chi connectivity index (χ3v) is 4.36. The van der Waals surface area contributed by atoms with Crippen LogP contribution in [0, 0.1) is 0 Å². The number of carbonyl (C=O) groups is 2. The Kier molecular flexibility index (Phi) is 5.23. The van der Waals surface area contributed by atoms with E-state index in [-0.39, 0.29) is 5.91 Å². The van der Waals surface area contributed by atoms with E-state index in [4.69, 9.17) is 0 Å². The Bertz CT molecular complexity index is 833. The first-order chi connectivity index (χ1) is 12.5. The summed E-state index contributed by atoms with van der Waals surface area (Å²) in [5, 5.41) is 2.68. The topological polar surface area (TPSA) is 61.9 Å². The van der Waals surface area contributed by atoms with Crippen LogP contribution in [-0.2, 0) is 22.4 Å². The molecule has 1 aliphatic rings. The van der Waals surface area contributed by atoms with E-state index in [9.17, 15) is 9.59 Å². The molecule has 1 heterocycles. The lowest BCUT2D eigenvalue weighted by atomic mass is 10.0. The summed E-state index contributed by atoms with van der Waals surface area (Å²) in [5.41, 5.74) is 4.50. The van der Waals surface area contributed by atoms with Crippen LogP contribution in [0.1, 0.15) is 11.1 Å². The molecule has 0 unspecified atom stereocenters. The average molecular weight is 353 g/mol. The van der Waals surface area contributed by atoms with Gasteiger partial charge in [0.25, 0.3) is 0 Å². The number of hydrogen-bond donors (Lipinski definition) is 1. The van der Waals surface area contributed by atoms with E-state index in [0.717, 1.165) is 35.3 Å². The molecule has 2 amide bonds. The molecule has 2 aromatic carbocycles. The fraction of sp³-hybridized carbons (Fsp3) is 0.300. The SMILES string of the molecule is COC(=O)Nc1ccc2c(c1)N(C(=O)CN(C)C)c1ccccc1CC2. The Balaban J connectivity index is 2.09. The van der Waals surface area contributed by atoms with Crippen LogP contribution in [-0.4, -0.2) is 44.7 Å². The first-order valence-corrected chi connectivity index (χ1v) is 8.53. The smallest absolute Gasteiger partial charge is 0.411 e. The van der Waals surface area contributed by atoms with Crippen LogP contribution in [0.5, 0.6) is 0 Å². The van der Waals surface area contributed by atoms with Crippen molar-refractivity contribution >= 4 is 29.1 Å². The molecule has 26 heavy (non-hydrogen) atoms. The Labute approximate surface area is 153 Å². The van der Waals surface area contributed by atoms with Crippen molar-refractivity contribution < 1.29 is 14.3 Å². The highest BCUT2D eigenvalue weighted by molar-refractivity contribution is 6.04. The Morgan fingerprint density at radius 3 is 2.46 bits per heavy atom. The van der Waals surface area contributed by atoms with Gasteiger partial charge in [0.1, 0.15) is 0 Å². The fourth-order valence-corrected chi connectivity index (χ4v) is 3.18. The van der Waals surface area contributed by atoms with Gasteiger partial charge in [0, 0.05) is 5.69 Å². The van der Waals surface area contributed by atoms with Crippen molar-refractivity contribution in [3.63, 3.8) is 0 Å². The number of anilines is 3. The second kappa shape index (κ2) is 7.58. The largest absolute Gasteiger partial charge is 0.453 e. The lowest BCUT2D eigenvalue weighted by molar-refractivity contribution is -0.118. The van der Waals surface area contributed by atoms with Crippen molar-refractivity contribution in [3.8, 4) is 0 Å². The van der Waals surface area contributed by atoms with E-state index < -0.39 is 6.09 Å². The molecule has 0 spiro atoms. The van der Waals surface area contributed by atoms with Crippen molar-refractivity contribution in [3.05, 3.63) is 53.6 Å². The fourth-order valence-electron chi connectivity index (χ4n) is 3.18. The van der Waals surface area contributed by atoms with E-state index in [0.29, 0.717) is 12.2 Å². The standard InChI is InChI=1S/C20H23N3O3/c1-22(2)13-19(24)23-17-7-5-4-6-14(17)8-9-15-10-11-16(12-18(15)23)21-20(25)26-3/h4-7,10-12H,8-9,13H2,1-3H3,(H,21,25). The molecule has 3 rings (SSSR count). The molecule has 6 heteroatoms. The van der Waals surface area contributed by atoms with Crippen LogP contribution in [0.2, 0.25) is 0 Å². The quantitative estimate of drug-likeness (QED) is 0.921. The summed E-state index contributed by atoms with van der Waals surface area (Å²) >= 11 is 0. The van der Waals surface area contributed by atoms with Gasteiger partial charge >= 0.3 is 6.09 Å². The molecule has 2 aromatic rings. The molecule has 0 saturated carbocycles. The van der Waals surface area contributed by atoms with Crippen LogP contribution in [0.4, 0.5) is 21.9 Å². The zero-order valence-corrected chi connectivity index (χ0v) is 15.3. The molecule has 0 saturated heterocycles. The normalized spacial score (nSPS) is 12.8. The molecule has 0 aromatic heterocycles. The third-order valence-electron chi connectivity index (χ3n) is 4.36. The van der Waals surface area contributed by atoms with Crippen LogP contribution in [0.25, 0.3) is 0 Å². The van der Waals surface area contributed by atoms with E-state index in [1.165, 1.54) is 7.11 Å². The summed E-state index contributed by atoms with van der Waals surface area (Å²) in [7, 11) is 5.07. The molecular formula is C20H23N3O3. The van der Waals surface area contributed by atoms with Crippen LogP contribution < -0.4 is 10.2 Å². The van der Waals surface area contributed by atoms with Gasteiger partial charge in [-0.15, -0.1) is 0 Å². The van der Waals surface area contributed by atoms with E-state index >= 15 is 0 Å². The number of aryl methyl sites for hydroxylation is 2. The number of likely N-dealkylation sites (N-methyl/N-ethyl adjacent to an activating group) is 1. The number of amides is 2. The highest BCUT2D eigenvalue weighted by Crippen LogP contribution is 2.37. The molecule has 0 bridgehead atoms. The minimum absolute atomic E-state index is 0.0131. The molecule has 0 fully saturated rings. The molecule has 1 N–H and O–H groups in total. The Hall–Kier alpha value is -2.86. The average Bonchev–Trinajstić information content (AvgIpc) is 2.77. The minimum atomic E-state index is -0.537. The number of fused-ring (bicyclic) bond motifs is 2. The lowest BCUT2D eigenvalue weighted by Gasteiger charge is -2.26. The highest BCUT2D eigenvalue weighted by Gasteiger charge is 2.26. The van der Waals surface area contributed by atoms with Gasteiger partial charge in [0.15, 0.2) is 0 Å². The zero-order valence-electron chi connectivity index (χ0n) is 15.3. The summed E-state index contributed by atoms with van der Waals surface area (Å²) in [5.74, 6) is -0.0131. The van der Waals surface area contributed by atoms with Crippen molar-refractivity contribution in [2.75, 3.05) is 38.0 Å². The van der Waals surface area contributed by atoms with Gasteiger partial charge in [-0.25, -0.2) is 4.79 Å². The number of nitrogens with zero attached hydrogens (tertiary/aromatic N) is 2. The molecular weight excluding hydrogens is 330 g/mol. The summed E-state index contributed by atoms with van der Waals surface area (Å²) in [4.78, 5) is 28.2. The number of ether oxygens (including phenoxy) is 1. The van der Waals surface area contributed by atoms with Crippen molar-refractivity contribution in [1.29, 1.82) is 0 Å². The Morgan fingerprint density at radius 2 is 1.77 bits per heavy atom. The first kappa shape index (κ1) is 17.9. The number of hydrogen-bond acceptors (Lipinski definition) is 4. The van der Waals surface area contributed by atoms with Crippen LogP contribution >= 0.6 is 0 Å². The van der Waals surface area contributed by atoms with Crippen molar-refractivity contribution in [2.45, 2.75) is 12.8 Å². The summed E-state index contributed by atoms with van der Waals surface area (Å²) in [6.07, 6.45) is 1.15. The summed E-state index contributed by atoms with van der Waals surface area (Å²) in [6, 6.07) is 13.6. The second-order valence-corrected chi connectivity index (χ2v) is 6.56. The highest BCUT2D eigenvalue weighted by atomic mass is 16.5. The maximum Gasteiger partial charge on any atom is 0.411 e. The van der Waals surface area contributed by atoms with E-state index in [1.54, 1.807) is 4.90 Å². The van der Waals surface area contributed by atoms with Crippen LogP contribution in [0.15, 0.2) is 42.5 Å². The van der Waals surface area contributed by atoms with Gasteiger partial charge < -0.3 is 9.64 Å². The third kappa shape index (κ3) is 3.70. The summed E-state index contributed by atoms with van der Waals surface area (Å²) < 4.78 is 4.67. The Morgan fingerprint density at radius 1 is 1.08 bits per heavy atom. The predicted molar refractivity (Wildman–Crippen MR) is 102 cm³/mol. The lowest BCUT2D eigenvalue weighted by Crippen LogP contribution is -2.35. The zero-order chi connectivity index (χ0) is 18.7. The van der Waals surface area contributed by atoms with Gasteiger partial charge in [-0.2, -0.15) is 0 Å². The minimum Gasteiger partial charge on any atom is -0.453 e. The summed E-state index contributed by atoms with van der Waals surface area (Å²) in [6.45, 7) is 0.294. The number of benzene rings is 2. The van der Waals surface area contributed by atoms with E-state index in [2.05, 4.69) is 16.1 Å². The van der Waals surface area contributed by atoms with Crippen LogP contribution in [0.3, 0.4) is 0 Å². The van der Waals surface area contributed by atoms with Gasteiger partial charge in [0.2, 0.25) is 5.91 Å². The van der Waals surface area contributed by atoms with Gasteiger partial charge in [-0.05, 0) is 56.3 Å². The number of carbonyl (C=O) groups excluding carboxylic acids is 2. The van der Waals surface area contributed by atoms with Crippen molar-refractivity contribution in [1.82, 2.24) is 4.90 Å². The molecule has 0 atom stereocenters. The maximum atomic E-state index is 13.0. The van der Waals surface area contributed by atoms with E-state index in [1.807, 2.05) is 55.4 Å². The molecule has 6 nitrogen and oxygen atoms in total. The van der Waals surface area contributed by atoms with Crippen molar-refractivity contribution in [2.24, 2.45) is 0 Å². The predicted octanol–water partition coefficient (Wildman–Crippen LogP) is 3.19. The molecule has 0 radical (unpaired) electrons. The van der Waals surface area contributed by atoms with Gasteiger partial charge in [-0.1, -0.05) is 24.3 Å². The van der Waals surface area contributed by atoms with Gasteiger partial charge in [0.05, 0.1) is 25.0 Å². The molecule has 1 aliphatic heterocycles. The monoisotopic (exact) mass is 353 g/mol. The van der Waals surface area contributed by atoms with Gasteiger partial charge in [-0.3, -0.25) is 15.0 Å². The maximum absolute atomic E-state index is 13.0. The number of methoxy groups -OCH3 is 1. The number of rotatable bonds is 3. The number of nitrogens with one attached hydrogen (secondary N) is 1. The molecule has 0 aliphatic carbocycles. The first-order valence-electron chi connectivity index (χ1n) is 8.53. The second-order valence-electron chi connectivity index (χ2n) is 6.56. The molecule has 136 valence electrons.